The highest BCUT2D eigenvalue weighted by atomic mass is 79.9. The molecule has 2 aromatic carbocycles. The lowest BCUT2D eigenvalue weighted by atomic mass is 10.1. The summed E-state index contributed by atoms with van der Waals surface area (Å²) < 4.78 is 12.4. The fourth-order valence-electron chi connectivity index (χ4n) is 3.52. The lowest BCUT2D eigenvalue weighted by Crippen LogP contribution is -2.31. The van der Waals surface area contributed by atoms with Crippen molar-refractivity contribution < 1.29 is 14.3 Å². The third kappa shape index (κ3) is 2.82. The molecule has 4 rings (SSSR count). The summed E-state index contributed by atoms with van der Waals surface area (Å²) in [7, 11) is 0. The van der Waals surface area contributed by atoms with Crippen LogP contribution in [-0.4, -0.2) is 30.2 Å². The predicted molar refractivity (Wildman–Crippen MR) is 93.7 cm³/mol. The highest BCUT2D eigenvalue weighted by Crippen LogP contribution is 2.44. The van der Waals surface area contributed by atoms with Gasteiger partial charge < -0.3 is 9.47 Å². The van der Waals surface area contributed by atoms with Gasteiger partial charge in [-0.05, 0) is 22.8 Å². The summed E-state index contributed by atoms with van der Waals surface area (Å²) >= 11 is 3.60. The van der Waals surface area contributed by atoms with Crippen molar-refractivity contribution in [1.29, 1.82) is 0 Å². The number of rotatable bonds is 5. The maximum absolute atomic E-state index is 12.2. The summed E-state index contributed by atoms with van der Waals surface area (Å²) in [6.07, 6.45) is 0.452. The topological polar surface area (TPSA) is 38.8 Å². The summed E-state index contributed by atoms with van der Waals surface area (Å²) in [5, 5.41) is 0. The lowest BCUT2D eigenvalue weighted by molar-refractivity contribution is 0.0933. The van der Waals surface area contributed by atoms with Crippen LogP contribution in [0.4, 0.5) is 4.79 Å². The van der Waals surface area contributed by atoms with Gasteiger partial charge >= 0.3 is 6.09 Å². The van der Waals surface area contributed by atoms with Crippen molar-refractivity contribution in [2.24, 2.45) is 0 Å². The molecule has 24 heavy (non-hydrogen) atoms. The van der Waals surface area contributed by atoms with Gasteiger partial charge in [0.1, 0.15) is 6.10 Å². The summed E-state index contributed by atoms with van der Waals surface area (Å²) in [5.41, 5.74) is 3.56. The molecule has 1 saturated heterocycles. The van der Waals surface area contributed by atoms with E-state index >= 15 is 0 Å². The van der Waals surface area contributed by atoms with E-state index in [2.05, 4.69) is 22.0 Å². The van der Waals surface area contributed by atoms with Gasteiger partial charge in [0.25, 0.3) is 0 Å². The first-order valence-corrected chi connectivity index (χ1v) is 8.89. The van der Waals surface area contributed by atoms with Gasteiger partial charge in [-0.15, -0.1) is 0 Å². The highest BCUT2D eigenvalue weighted by molar-refractivity contribution is 9.10. The van der Waals surface area contributed by atoms with Crippen molar-refractivity contribution in [1.82, 2.24) is 4.90 Å². The fourth-order valence-corrected chi connectivity index (χ4v) is 4.07. The first-order valence-electron chi connectivity index (χ1n) is 8.10. The Morgan fingerprint density at radius 1 is 1.17 bits per heavy atom. The molecule has 2 aliphatic rings. The molecule has 1 amide bonds. The van der Waals surface area contributed by atoms with Crippen molar-refractivity contribution >= 4 is 22.0 Å². The number of hydrogen-bond donors (Lipinski definition) is 0. The van der Waals surface area contributed by atoms with Crippen molar-refractivity contribution in [2.75, 3.05) is 13.2 Å². The smallest absolute Gasteiger partial charge is 0.410 e. The van der Waals surface area contributed by atoms with Crippen LogP contribution in [-0.2, 0) is 22.5 Å². The molecule has 0 saturated carbocycles. The minimum atomic E-state index is -0.237. The zero-order valence-corrected chi connectivity index (χ0v) is 14.7. The lowest BCUT2D eigenvalue weighted by Gasteiger charge is -2.21. The zero-order chi connectivity index (χ0) is 16.5. The Bertz CT molecular complexity index is 750. The number of hydrogen-bond acceptors (Lipinski definition) is 3. The van der Waals surface area contributed by atoms with Crippen LogP contribution >= 0.6 is 15.9 Å². The average Bonchev–Trinajstić information content (AvgIpc) is 3.09. The zero-order valence-electron chi connectivity index (χ0n) is 13.2. The van der Waals surface area contributed by atoms with E-state index in [-0.39, 0.29) is 18.2 Å². The van der Waals surface area contributed by atoms with Crippen molar-refractivity contribution in [3.05, 3.63) is 69.7 Å². The van der Waals surface area contributed by atoms with E-state index in [1.807, 2.05) is 42.5 Å². The molecule has 1 heterocycles. The molecule has 0 aromatic heterocycles. The van der Waals surface area contributed by atoms with Gasteiger partial charge in [-0.2, -0.15) is 0 Å². The first kappa shape index (κ1) is 15.7. The maximum Gasteiger partial charge on any atom is 0.410 e. The van der Waals surface area contributed by atoms with Crippen LogP contribution in [0.15, 0.2) is 53.0 Å². The van der Waals surface area contributed by atoms with Gasteiger partial charge in [0.2, 0.25) is 0 Å². The highest BCUT2D eigenvalue weighted by Gasteiger charge is 2.47. The number of nitrogens with zero attached hydrogens (tertiary/aromatic N) is 1. The first-order chi connectivity index (χ1) is 11.7. The van der Waals surface area contributed by atoms with Crippen molar-refractivity contribution in [2.45, 2.75) is 25.2 Å². The molecule has 0 N–H and O–H groups in total. The standard InChI is InChI=1S/C19H18BrNO3/c20-16-8-4-7-14-15(16)11-17-18(14)21(19(22)24-17)9-10-23-12-13-5-2-1-3-6-13/h1-8,17-18H,9-12H2/t17-,18?/m1/s1. The van der Waals surface area contributed by atoms with Gasteiger partial charge in [-0.25, -0.2) is 4.79 Å². The third-order valence-electron chi connectivity index (χ3n) is 4.64. The molecule has 0 radical (unpaired) electrons. The molecular formula is C19H18BrNO3. The molecular weight excluding hydrogens is 370 g/mol. The second-order valence-electron chi connectivity index (χ2n) is 6.11. The normalized spacial score (nSPS) is 21.5. The monoisotopic (exact) mass is 387 g/mol. The van der Waals surface area contributed by atoms with Crippen LogP contribution < -0.4 is 0 Å². The molecule has 1 unspecified atom stereocenters. The molecule has 5 heteroatoms. The largest absolute Gasteiger partial charge is 0.443 e. The van der Waals surface area contributed by atoms with E-state index in [0.29, 0.717) is 19.8 Å². The van der Waals surface area contributed by atoms with Crippen LogP contribution in [0.2, 0.25) is 0 Å². The van der Waals surface area contributed by atoms with Crippen molar-refractivity contribution in [3.63, 3.8) is 0 Å². The van der Waals surface area contributed by atoms with Crippen LogP contribution in [0.5, 0.6) is 0 Å². The average molecular weight is 388 g/mol. The Balaban J connectivity index is 1.41. The Labute approximate surface area is 149 Å². The van der Waals surface area contributed by atoms with Crippen molar-refractivity contribution in [3.8, 4) is 0 Å². The van der Waals surface area contributed by atoms with E-state index in [0.717, 1.165) is 16.5 Å². The SMILES string of the molecule is O=C1O[C@@H]2Cc3c(Br)cccc3C2N1CCOCc1ccccc1. The molecule has 0 spiro atoms. The minimum absolute atomic E-state index is 0.00493. The Kier molecular flexibility index (Phi) is 4.29. The van der Waals surface area contributed by atoms with E-state index in [9.17, 15) is 4.79 Å². The Morgan fingerprint density at radius 2 is 2.00 bits per heavy atom. The van der Waals surface area contributed by atoms with Gasteiger partial charge in [-0.3, -0.25) is 4.90 Å². The number of halogens is 1. The second-order valence-corrected chi connectivity index (χ2v) is 6.96. The summed E-state index contributed by atoms with van der Waals surface area (Å²) in [4.78, 5) is 14.0. The quantitative estimate of drug-likeness (QED) is 0.725. The predicted octanol–water partition coefficient (Wildman–Crippen LogP) is 4.08. The number of benzene rings is 2. The number of ether oxygens (including phenoxy) is 2. The molecule has 4 nitrogen and oxygen atoms in total. The molecule has 0 bridgehead atoms. The molecule has 1 aliphatic heterocycles. The molecule has 1 fully saturated rings. The van der Waals surface area contributed by atoms with Crippen LogP contribution in [0.3, 0.4) is 0 Å². The van der Waals surface area contributed by atoms with E-state index < -0.39 is 0 Å². The number of amides is 1. The van der Waals surface area contributed by atoms with Gasteiger partial charge in [-0.1, -0.05) is 58.4 Å². The van der Waals surface area contributed by atoms with E-state index in [4.69, 9.17) is 9.47 Å². The molecule has 2 atom stereocenters. The van der Waals surface area contributed by atoms with Crippen LogP contribution in [0.1, 0.15) is 22.7 Å². The van der Waals surface area contributed by atoms with Crippen LogP contribution in [0, 0.1) is 0 Å². The number of carbonyl (C=O) groups is 1. The third-order valence-corrected chi connectivity index (χ3v) is 5.38. The maximum atomic E-state index is 12.2. The summed E-state index contributed by atoms with van der Waals surface area (Å²) in [6.45, 7) is 1.59. The van der Waals surface area contributed by atoms with Gasteiger partial charge in [0.15, 0.2) is 0 Å². The number of fused-ring (bicyclic) bond motifs is 3. The molecule has 1 aliphatic carbocycles. The fraction of sp³-hybridized carbons (Fsp3) is 0.316. The van der Waals surface area contributed by atoms with E-state index in [1.54, 1.807) is 4.90 Å². The Morgan fingerprint density at radius 3 is 2.83 bits per heavy atom. The van der Waals surface area contributed by atoms with E-state index in [1.165, 1.54) is 11.1 Å². The number of carbonyl (C=O) groups excluding carboxylic acids is 1. The second kappa shape index (κ2) is 6.57. The van der Waals surface area contributed by atoms with Gasteiger partial charge in [0.05, 0.1) is 19.3 Å². The summed E-state index contributed by atoms with van der Waals surface area (Å²) in [6, 6.07) is 16.2. The minimum Gasteiger partial charge on any atom is -0.443 e. The molecule has 2 aromatic rings. The Hall–Kier alpha value is -1.85. The van der Waals surface area contributed by atoms with Crippen LogP contribution in [0.25, 0.3) is 0 Å². The molecule has 124 valence electrons. The van der Waals surface area contributed by atoms with Gasteiger partial charge in [0, 0.05) is 17.4 Å². The summed E-state index contributed by atoms with van der Waals surface area (Å²) in [5.74, 6) is 0.